The fourth-order valence-electron chi connectivity index (χ4n) is 2.46. The van der Waals surface area contributed by atoms with Crippen LogP contribution in [0.2, 0.25) is 0 Å². The summed E-state index contributed by atoms with van der Waals surface area (Å²) in [7, 11) is 1.48. The van der Waals surface area contributed by atoms with E-state index in [1.165, 1.54) is 54.4 Å². The molecule has 30 heavy (non-hydrogen) atoms. The highest BCUT2D eigenvalue weighted by molar-refractivity contribution is 7.97. The molecule has 0 aliphatic heterocycles. The summed E-state index contributed by atoms with van der Waals surface area (Å²) >= 11 is 2.50. The fourth-order valence-corrected chi connectivity index (χ4v) is 3.98. The number of ether oxygens (including phenoxy) is 1. The van der Waals surface area contributed by atoms with Crippen LogP contribution in [0.3, 0.4) is 0 Å². The molecule has 0 saturated heterocycles. The molecule has 2 amide bonds. The number of anilines is 2. The van der Waals surface area contributed by atoms with E-state index in [1.54, 1.807) is 18.2 Å². The van der Waals surface area contributed by atoms with Crippen molar-refractivity contribution < 1.29 is 18.3 Å². The third kappa shape index (κ3) is 5.26. The maximum atomic E-state index is 14.3. The number of urea groups is 1. The van der Waals surface area contributed by atoms with Gasteiger partial charge in [-0.05, 0) is 55.1 Å². The Morgan fingerprint density at radius 2 is 2.10 bits per heavy atom. The summed E-state index contributed by atoms with van der Waals surface area (Å²) in [4.78, 5) is 18.6. The molecule has 1 aromatic heterocycles. The molecule has 2 aromatic carbocycles. The summed E-state index contributed by atoms with van der Waals surface area (Å²) < 4.78 is 36.4. The SMILES string of the molecule is CN(C(=O)Nc1ncc(Oc2cccc(F)c2)s1)c1cc(SNC2CC2)ccc1F. The van der Waals surface area contributed by atoms with Gasteiger partial charge < -0.3 is 4.74 Å². The molecule has 6 nitrogen and oxygen atoms in total. The van der Waals surface area contributed by atoms with Crippen LogP contribution in [-0.4, -0.2) is 24.1 Å². The fraction of sp³-hybridized carbons (Fsp3) is 0.200. The Balaban J connectivity index is 1.40. The highest BCUT2D eigenvalue weighted by atomic mass is 32.2. The molecule has 0 unspecified atom stereocenters. The second-order valence-corrected chi connectivity index (χ2v) is 8.54. The van der Waals surface area contributed by atoms with Crippen molar-refractivity contribution >= 4 is 40.1 Å². The number of thiazole rings is 1. The number of halogens is 2. The van der Waals surface area contributed by atoms with Gasteiger partial charge >= 0.3 is 6.03 Å². The topological polar surface area (TPSA) is 66.5 Å². The van der Waals surface area contributed by atoms with E-state index in [9.17, 15) is 13.6 Å². The summed E-state index contributed by atoms with van der Waals surface area (Å²) in [6, 6.07) is 10.3. The summed E-state index contributed by atoms with van der Waals surface area (Å²) in [5, 5.41) is 3.28. The lowest BCUT2D eigenvalue weighted by atomic mass is 10.3. The molecule has 4 rings (SSSR count). The van der Waals surface area contributed by atoms with E-state index in [4.69, 9.17) is 4.74 Å². The Morgan fingerprint density at radius 3 is 2.87 bits per heavy atom. The van der Waals surface area contributed by atoms with Crippen LogP contribution in [0, 0.1) is 11.6 Å². The molecule has 1 saturated carbocycles. The summed E-state index contributed by atoms with van der Waals surface area (Å²) in [6.45, 7) is 0. The first-order valence-corrected chi connectivity index (χ1v) is 10.8. The second kappa shape index (κ2) is 8.99. The van der Waals surface area contributed by atoms with E-state index in [2.05, 4.69) is 15.0 Å². The molecule has 0 bridgehead atoms. The molecular weight excluding hydrogens is 430 g/mol. The number of amides is 2. The van der Waals surface area contributed by atoms with Gasteiger partial charge in [-0.3, -0.25) is 14.9 Å². The number of benzene rings is 2. The minimum Gasteiger partial charge on any atom is -0.445 e. The second-order valence-electron chi connectivity index (χ2n) is 6.64. The molecule has 1 heterocycles. The van der Waals surface area contributed by atoms with Gasteiger partial charge in [-0.1, -0.05) is 17.4 Å². The van der Waals surface area contributed by atoms with E-state index in [-0.39, 0.29) is 10.8 Å². The van der Waals surface area contributed by atoms with Crippen LogP contribution >= 0.6 is 23.3 Å². The van der Waals surface area contributed by atoms with E-state index in [1.807, 2.05) is 0 Å². The Kier molecular flexibility index (Phi) is 6.16. The zero-order valence-electron chi connectivity index (χ0n) is 15.9. The highest BCUT2D eigenvalue weighted by Gasteiger charge is 2.22. The normalized spacial score (nSPS) is 13.2. The lowest BCUT2D eigenvalue weighted by Crippen LogP contribution is -2.31. The quantitative estimate of drug-likeness (QED) is 0.458. The first-order valence-electron chi connectivity index (χ1n) is 9.14. The van der Waals surface area contributed by atoms with Crippen LogP contribution in [0.15, 0.2) is 53.6 Å². The van der Waals surface area contributed by atoms with Crippen molar-refractivity contribution in [3.8, 4) is 10.8 Å². The standard InChI is InChI=1S/C20H18F2N4O2S2/c1-26(17-10-15(7-8-16(17)22)30-25-13-5-6-13)20(27)24-19-23-11-18(29-19)28-14-4-2-3-12(21)9-14/h2-4,7-11,13,25H,5-6H2,1H3,(H,23,24,27). The molecule has 1 fully saturated rings. The van der Waals surface area contributed by atoms with Gasteiger partial charge in [-0.25, -0.2) is 18.6 Å². The summed E-state index contributed by atoms with van der Waals surface area (Å²) in [5.41, 5.74) is 0.155. The number of hydrogen-bond acceptors (Lipinski definition) is 6. The summed E-state index contributed by atoms with van der Waals surface area (Å²) in [6.07, 6.45) is 3.71. The number of carbonyl (C=O) groups is 1. The van der Waals surface area contributed by atoms with Crippen LogP contribution in [0.4, 0.5) is 24.4 Å². The van der Waals surface area contributed by atoms with Crippen molar-refractivity contribution in [2.45, 2.75) is 23.8 Å². The Labute approximate surface area is 180 Å². The predicted molar refractivity (Wildman–Crippen MR) is 114 cm³/mol. The molecule has 1 aliphatic rings. The van der Waals surface area contributed by atoms with Crippen LogP contribution in [0.1, 0.15) is 12.8 Å². The number of aromatic nitrogens is 1. The minimum absolute atomic E-state index is 0.155. The Hall–Kier alpha value is -2.69. The largest absolute Gasteiger partial charge is 0.445 e. The number of nitrogens with one attached hydrogen (secondary N) is 2. The van der Waals surface area contributed by atoms with Gasteiger partial charge in [0.1, 0.15) is 17.4 Å². The van der Waals surface area contributed by atoms with Crippen LogP contribution in [0.25, 0.3) is 0 Å². The molecule has 0 radical (unpaired) electrons. The zero-order chi connectivity index (χ0) is 21.1. The van der Waals surface area contributed by atoms with Gasteiger partial charge in [-0.15, -0.1) is 0 Å². The smallest absolute Gasteiger partial charge is 0.327 e. The molecule has 3 aromatic rings. The van der Waals surface area contributed by atoms with Gasteiger partial charge in [0.15, 0.2) is 5.13 Å². The predicted octanol–water partition coefficient (Wildman–Crippen LogP) is 5.64. The number of hydrogen-bond donors (Lipinski definition) is 2. The number of rotatable bonds is 7. The van der Waals surface area contributed by atoms with Gasteiger partial charge in [0.2, 0.25) is 5.06 Å². The average Bonchev–Trinajstić information content (AvgIpc) is 3.46. The van der Waals surface area contributed by atoms with E-state index < -0.39 is 17.7 Å². The molecule has 2 N–H and O–H groups in total. The lowest BCUT2D eigenvalue weighted by Gasteiger charge is -2.18. The van der Waals surface area contributed by atoms with Crippen molar-refractivity contribution in [1.29, 1.82) is 0 Å². The van der Waals surface area contributed by atoms with Crippen molar-refractivity contribution in [3.63, 3.8) is 0 Å². The summed E-state index contributed by atoms with van der Waals surface area (Å²) in [5.74, 6) is -0.593. The molecule has 0 spiro atoms. The van der Waals surface area contributed by atoms with Crippen molar-refractivity contribution in [2.75, 3.05) is 17.3 Å². The highest BCUT2D eigenvalue weighted by Crippen LogP contribution is 2.32. The number of nitrogens with zero attached hydrogens (tertiary/aromatic N) is 2. The van der Waals surface area contributed by atoms with Gasteiger partial charge in [0.05, 0.1) is 11.9 Å². The maximum absolute atomic E-state index is 14.3. The van der Waals surface area contributed by atoms with Gasteiger partial charge in [0, 0.05) is 24.1 Å². The van der Waals surface area contributed by atoms with Crippen molar-refractivity contribution in [1.82, 2.24) is 9.71 Å². The van der Waals surface area contributed by atoms with Crippen LogP contribution in [-0.2, 0) is 0 Å². The molecular formula is C20H18F2N4O2S2. The molecule has 0 atom stereocenters. The van der Waals surface area contributed by atoms with Crippen LogP contribution < -0.4 is 19.7 Å². The van der Waals surface area contributed by atoms with Gasteiger partial charge in [-0.2, -0.15) is 0 Å². The lowest BCUT2D eigenvalue weighted by molar-refractivity contribution is 0.258. The third-order valence-electron chi connectivity index (χ3n) is 4.22. The van der Waals surface area contributed by atoms with Crippen LogP contribution in [0.5, 0.6) is 10.8 Å². The molecule has 156 valence electrons. The van der Waals surface area contributed by atoms with Crippen molar-refractivity contribution in [2.24, 2.45) is 0 Å². The Bertz CT molecular complexity index is 1060. The average molecular weight is 449 g/mol. The Morgan fingerprint density at radius 1 is 1.27 bits per heavy atom. The molecule has 10 heteroatoms. The van der Waals surface area contributed by atoms with E-state index >= 15 is 0 Å². The minimum atomic E-state index is -0.544. The zero-order valence-corrected chi connectivity index (χ0v) is 17.5. The van der Waals surface area contributed by atoms with E-state index in [0.717, 1.165) is 29.1 Å². The van der Waals surface area contributed by atoms with E-state index in [0.29, 0.717) is 16.9 Å². The number of carbonyl (C=O) groups excluding carboxylic acids is 1. The van der Waals surface area contributed by atoms with Crippen molar-refractivity contribution in [3.05, 3.63) is 60.3 Å². The van der Waals surface area contributed by atoms with Gasteiger partial charge in [0.25, 0.3) is 0 Å². The first-order chi connectivity index (χ1) is 14.5. The third-order valence-corrected chi connectivity index (χ3v) is 5.95. The maximum Gasteiger partial charge on any atom is 0.327 e. The monoisotopic (exact) mass is 448 g/mol. The molecule has 1 aliphatic carbocycles. The first kappa shape index (κ1) is 20.6.